The standard InChI is InChI=1S/C34H32ClF3N4O/c35-32-4-2-1-3-27(32)22-41-17-15-40(16-18-41)20-25-7-14-33-30(19-25)31(23-42(33)21-24-5-10-28(39)11-6-24)26-8-12-29(13-9-26)43-34(36,37)38/h1-14,19,23H,15-18,20-22,39H2. The third-order valence-electron chi connectivity index (χ3n) is 7.90. The molecule has 0 radical (unpaired) electrons. The summed E-state index contributed by atoms with van der Waals surface area (Å²) in [5.74, 6) is -0.240. The van der Waals surface area contributed by atoms with Gasteiger partial charge in [0.15, 0.2) is 0 Å². The summed E-state index contributed by atoms with van der Waals surface area (Å²) >= 11 is 6.38. The van der Waals surface area contributed by atoms with Gasteiger partial charge in [-0.2, -0.15) is 0 Å². The van der Waals surface area contributed by atoms with Gasteiger partial charge in [0.05, 0.1) is 0 Å². The summed E-state index contributed by atoms with van der Waals surface area (Å²) < 4.78 is 44.5. The van der Waals surface area contributed by atoms with Gasteiger partial charge in [-0.05, 0) is 64.7 Å². The van der Waals surface area contributed by atoms with Gasteiger partial charge in [-0.1, -0.05) is 60.1 Å². The third-order valence-corrected chi connectivity index (χ3v) is 8.27. The summed E-state index contributed by atoms with van der Waals surface area (Å²) in [5, 5.41) is 1.86. The van der Waals surface area contributed by atoms with E-state index in [-0.39, 0.29) is 5.75 Å². The normalized spacial score (nSPS) is 14.8. The molecule has 2 N–H and O–H groups in total. The van der Waals surface area contributed by atoms with Crippen molar-refractivity contribution in [1.29, 1.82) is 0 Å². The van der Waals surface area contributed by atoms with Gasteiger partial charge in [-0.15, -0.1) is 13.2 Å². The number of ether oxygens (including phenoxy) is 1. The molecule has 9 heteroatoms. The molecule has 4 aromatic carbocycles. The van der Waals surface area contributed by atoms with Gasteiger partial charge >= 0.3 is 6.36 Å². The fourth-order valence-corrected chi connectivity index (χ4v) is 5.89. The van der Waals surface area contributed by atoms with Gasteiger partial charge < -0.3 is 15.0 Å². The van der Waals surface area contributed by atoms with E-state index in [1.54, 1.807) is 12.1 Å². The molecule has 1 aliphatic heterocycles. The second-order valence-electron chi connectivity index (χ2n) is 11.0. The van der Waals surface area contributed by atoms with Crippen molar-refractivity contribution in [3.63, 3.8) is 0 Å². The Balaban J connectivity index is 1.23. The summed E-state index contributed by atoms with van der Waals surface area (Å²) in [6, 6.07) is 28.4. The number of hydrogen-bond donors (Lipinski definition) is 1. The van der Waals surface area contributed by atoms with Gasteiger partial charge in [0, 0.05) is 79.2 Å². The van der Waals surface area contributed by atoms with Gasteiger partial charge in [0.1, 0.15) is 5.75 Å². The fourth-order valence-electron chi connectivity index (χ4n) is 5.69. The molecule has 0 amide bonds. The first-order chi connectivity index (χ1) is 20.7. The molecule has 5 nitrogen and oxygen atoms in total. The van der Waals surface area contributed by atoms with E-state index in [1.807, 2.05) is 42.5 Å². The summed E-state index contributed by atoms with van der Waals surface area (Å²) in [6.45, 7) is 6.13. The van der Waals surface area contributed by atoms with E-state index in [1.165, 1.54) is 17.7 Å². The molecule has 0 unspecified atom stereocenters. The number of hydrogen-bond acceptors (Lipinski definition) is 4. The van der Waals surface area contributed by atoms with Crippen LogP contribution in [0.1, 0.15) is 16.7 Å². The van der Waals surface area contributed by atoms with E-state index in [4.69, 9.17) is 17.3 Å². The van der Waals surface area contributed by atoms with Crippen LogP contribution in [0.3, 0.4) is 0 Å². The van der Waals surface area contributed by atoms with Crippen LogP contribution < -0.4 is 10.5 Å². The first kappa shape index (κ1) is 29.1. The van der Waals surface area contributed by atoms with Gasteiger partial charge in [0.25, 0.3) is 0 Å². The van der Waals surface area contributed by atoms with Crippen LogP contribution in [0.4, 0.5) is 18.9 Å². The number of halogens is 4. The van der Waals surface area contributed by atoms with Crippen molar-refractivity contribution < 1.29 is 17.9 Å². The number of alkyl halides is 3. The Kier molecular flexibility index (Phi) is 8.34. The summed E-state index contributed by atoms with van der Waals surface area (Å²) in [5.41, 5.74) is 12.9. The van der Waals surface area contributed by atoms with E-state index in [0.717, 1.165) is 77.4 Å². The minimum Gasteiger partial charge on any atom is -0.406 e. The largest absolute Gasteiger partial charge is 0.573 e. The van der Waals surface area contributed by atoms with Crippen LogP contribution in [0.15, 0.2) is 97.2 Å². The molecule has 0 atom stereocenters. The molecule has 0 bridgehead atoms. The SMILES string of the molecule is Nc1ccc(Cn2cc(-c3ccc(OC(F)(F)F)cc3)c3cc(CN4CCN(Cc5ccccc5Cl)CC4)ccc32)cc1. The molecular formula is C34H32ClF3N4O. The van der Waals surface area contributed by atoms with Crippen LogP contribution >= 0.6 is 11.6 Å². The highest BCUT2D eigenvalue weighted by Crippen LogP contribution is 2.34. The van der Waals surface area contributed by atoms with Crippen molar-refractivity contribution in [3.05, 3.63) is 119 Å². The predicted molar refractivity (Wildman–Crippen MR) is 166 cm³/mol. The smallest absolute Gasteiger partial charge is 0.406 e. The molecule has 43 heavy (non-hydrogen) atoms. The quantitative estimate of drug-likeness (QED) is 0.184. The Labute approximate surface area is 253 Å². The predicted octanol–water partition coefficient (Wildman–Crippen LogP) is 7.81. The Morgan fingerprint density at radius 1 is 0.744 bits per heavy atom. The number of piperazine rings is 1. The first-order valence-corrected chi connectivity index (χ1v) is 14.6. The average Bonchev–Trinajstić information content (AvgIpc) is 3.33. The number of anilines is 1. The van der Waals surface area contributed by atoms with Crippen molar-refractivity contribution in [2.45, 2.75) is 26.0 Å². The highest BCUT2D eigenvalue weighted by Gasteiger charge is 2.31. The number of nitrogen functional groups attached to an aromatic ring is 1. The van der Waals surface area contributed by atoms with Gasteiger partial charge in [-0.3, -0.25) is 9.80 Å². The number of rotatable bonds is 8. The van der Waals surface area contributed by atoms with Crippen molar-refractivity contribution in [2.24, 2.45) is 0 Å². The number of fused-ring (bicyclic) bond motifs is 1. The van der Waals surface area contributed by atoms with Crippen LogP contribution in [0.2, 0.25) is 5.02 Å². The Bertz CT molecular complexity index is 1690. The van der Waals surface area contributed by atoms with E-state index >= 15 is 0 Å². The maximum Gasteiger partial charge on any atom is 0.573 e. The van der Waals surface area contributed by atoms with E-state index in [2.05, 4.69) is 49.6 Å². The molecule has 1 aromatic heterocycles. The molecular weight excluding hydrogens is 573 g/mol. The molecule has 0 aliphatic carbocycles. The molecule has 0 spiro atoms. The fraction of sp³-hybridized carbons (Fsp3) is 0.235. The number of aromatic nitrogens is 1. The highest BCUT2D eigenvalue weighted by atomic mass is 35.5. The van der Waals surface area contributed by atoms with Gasteiger partial charge in [0.2, 0.25) is 0 Å². The molecule has 1 saturated heterocycles. The summed E-state index contributed by atoms with van der Waals surface area (Å²) in [6.07, 6.45) is -2.66. The van der Waals surface area contributed by atoms with E-state index in [0.29, 0.717) is 12.2 Å². The molecule has 1 aliphatic rings. The Hall–Kier alpha value is -3.98. The summed E-state index contributed by atoms with van der Waals surface area (Å²) in [4.78, 5) is 4.89. The number of nitrogens with two attached hydrogens (primary N) is 1. The zero-order chi connectivity index (χ0) is 30.0. The minimum atomic E-state index is -4.73. The molecule has 222 valence electrons. The number of benzene rings is 4. The topological polar surface area (TPSA) is 46.7 Å². The zero-order valence-electron chi connectivity index (χ0n) is 23.5. The zero-order valence-corrected chi connectivity index (χ0v) is 24.3. The lowest BCUT2D eigenvalue weighted by Gasteiger charge is -2.35. The number of nitrogens with zero attached hydrogens (tertiary/aromatic N) is 3. The summed E-state index contributed by atoms with van der Waals surface area (Å²) in [7, 11) is 0. The van der Waals surface area contributed by atoms with E-state index < -0.39 is 6.36 Å². The van der Waals surface area contributed by atoms with Crippen molar-refractivity contribution in [2.75, 3.05) is 31.9 Å². The van der Waals surface area contributed by atoms with Crippen LogP contribution in [0.5, 0.6) is 5.75 Å². The van der Waals surface area contributed by atoms with Crippen LogP contribution in [0, 0.1) is 0 Å². The molecule has 1 fully saturated rings. The maximum atomic E-state index is 12.7. The maximum absolute atomic E-state index is 12.7. The lowest BCUT2D eigenvalue weighted by molar-refractivity contribution is -0.274. The lowest BCUT2D eigenvalue weighted by atomic mass is 10.0. The molecule has 2 heterocycles. The average molecular weight is 605 g/mol. The molecule has 6 rings (SSSR count). The Morgan fingerprint density at radius 3 is 2.07 bits per heavy atom. The van der Waals surface area contributed by atoms with E-state index in [9.17, 15) is 13.2 Å². The second-order valence-corrected chi connectivity index (χ2v) is 11.4. The second kappa shape index (κ2) is 12.3. The monoisotopic (exact) mass is 604 g/mol. The highest BCUT2D eigenvalue weighted by molar-refractivity contribution is 6.31. The van der Waals surface area contributed by atoms with Crippen molar-refractivity contribution in [1.82, 2.24) is 14.4 Å². The minimum absolute atomic E-state index is 0.240. The third kappa shape index (κ3) is 7.16. The Morgan fingerprint density at radius 2 is 1.40 bits per heavy atom. The molecule has 5 aromatic rings. The van der Waals surface area contributed by atoms with Gasteiger partial charge in [-0.25, -0.2) is 0 Å². The van der Waals surface area contributed by atoms with Crippen LogP contribution in [-0.2, 0) is 19.6 Å². The van der Waals surface area contributed by atoms with Crippen LogP contribution in [-0.4, -0.2) is 46.9 Å². The first-order valence-electron chi connectivity index (χ1n) is 14.2. The lowest BCUT2D eigenvalue weighted by Crippen LogP contribution is -2.45. The molecule has 0 saturated carbocycles. The van der Waals surface area contributed by atoms with Crippen molar-refractivity contribution >= 4 is 28.2 Å². The van der Waals surface area contributed by atoms with Crippen molar-refractivity contribution in [3.8, 4) is 16.9 Å². The van der Waals surface area contributed by atoms with Crippen LogP contribution in [0.25, 0.3) is 22.0 Å².